The van der Waals surface area contributed by atoms with Gasteiger partial charge in [-0.15, -0.1) is 69.8 Å². The SMILES string of the molecule is CCC(CC)C(=O)/C=C(\O)C(C)(CC)CC.Cc1[c-]c(-c2nccc3cc([Si](C)(C)C)ccc23)cc(C)c1.[2H]c1cc2cc([Si](C)(C)C)ccc2c(-c2[c-]c(C)cc(C)c2)n1.[Ir]. The first-order chi connectivity index (χ1) is 28.5. The molecule has 0 atom stereocenters. The van der Waals surface area contributed by atoms with E-state index in [1.54, 1.807) is 0 Å². The van der Waals surface area contributed by atoms with Crippen LogP contribution in [0, 0.1) is 51.2 Å². The Bertz CT molecular complexity index is 2470. The first kappa shape index (κ1) is 49.6. The minimum Gasteiger partial charge on any atom is -0.512 e. The van der Waals surface area contributed by atoms with Crippen molar-refractivity contribution in [2.75, 3.05) is 0 Å². The van der Waals surface area contributed by atoms with Crippen molar-refractivity contribution in [3.63, 3.8) is 0 Å². The fourth-order valence-corrected chi connectivity index (χ4v) is 9.78. The number of nitrogens with zero attached hydrogens (tertiary/aromatic N) is 2. The monoisotopic (exact) mass is 1030 g/mol. The van der Waals surface area contributed by atoms with Gasteiger partial charge in [-0.05, 0) is 70.7 Å². The Kier molecular flexibility index (Phi) is 17.8. The quantitative estimate of drug-likeness (QED) is 0.0608. The van der Waals surface area contributed by atoms with Crippen molar-refractivity contribution in [1.29, 1.82) is 0 Å². The molecule has 6 rings (SSSR count). The van der Waals surface area contributed by atoms with Crippen molar-refractivity contribution >= 4 is 53.8 Å². The molecule has 0 saturated carbocycles. The molecule has 0 saturated heterocycles. The molecule has 0 bridgehead atoms. The Labute approximate surface area is 385 Å². The van der Waals surface area contributed by atoms with Crippen LogP contribution >= 0.6 is 0 Å². The van der Waals surface area contributed by atoms with Gasteiger partial charge in [-0.25, -0.2) is 0 Å². The predicted octanol–water partition coefficient (Wildman–Crippen LogP) is 14.0. The average molecular weight is 1030 g/mol. The number of ketones is 1. The van der Waals surface area contributed by atoms with Gasteiger partial charge < -0.3 is 15.1 Å². The molecule has 0 aliphatic heterocycles. The van der Waals surface area contributed by atoms with E-state index in [4.69, 9.17) is 1.37 Å². The number of benzene rings is 4. The van der Waals surface area contributed by atoms with Crippen LogP contribution < -0.4 is 10.4 Å². The topological polar surface area (TPSA) is 63.1 Å². The second kappa shape index (κ2) is 21.9. The molecule has 0 aliphatic rings. The third kappa shape index (κ3) is 13.5. The molecule has 0 aliphatic carbocycles. The normalized spacial score (nSPS) is 12.3. The van der Waals surface area contributed by atoms with Gasteiger partial charge in [-0.1, -0.05) is 148 Å². The van der Waals surface area contributed by atoms with Crippen LogP contribution in [0.2, 0.25) is 39.3 Å². The van der Waals surface area contributed by atoms with Crippen LogP contribution in [0.4, 0.5) is 0 Å². The summed E-state index contributed by atoms with van der Waals surface area (Å²) in [4.78, 5) is 21.0. The molecule has 1 N–H and O–H groups in total. The van der Waals surface area contributed by atoms with Crippen LogP contribution in [0.5, 0.6) is 0 Å². The number of aryl methyl sites for hydroxylation is 4. The molecule has 0 fully saturated rings. The van der Waals surface area contributed by atoms with E-state index in [9.17, 15) is 9.90 Å². The fraction of sp³-hybridized carbons (Fsp3) is 0.389. The standard InChI is InChI=1S/2C20H22NSi.C14H26O2.Ir/c2*1-14-10-15(2)12-17(11-14)20-19-7-6-18(22(3,4)5)13-16(19)8-9-21-20;1-6-11(7-2)12(15)10-13(16)14(5,8-3)9-4;/h2*6-11,13H,1-5H3;10-11,16H,6-9H2,1-5H3;/q2*-1;;/b;;13-10-;/i9D;;;. The Morgan fingerprint density at radius 3 is 1.56 bits per heavy atom. The van der Waals surface area contributed by atoms with Gasteiger partial charge in [0, 0.05) is 49.9 Å². The summed E-state index contributed by atoms with van der Waals surface area (Å²) in [5, 5.41) is 17.6. The number of carbonyl (C=O) groups is 1. The summed E-state index contributed by atoms with van der Waals surface area (Å²) in [6.45, 7) is 32.6. The third-order valence-electron chi connectivity index (χ3n) is 11.9. The van der Waals surface area contributed by atoms with Gasteiger partial charge in [0.1, 0.15) is 5.76 Å². The zero-order valence-corrected chi connectivity index (χ0v) is 44.0. The van der Waals surface area contributed by atoms with Crippen molar-refractivity contribution in [2.45, 2.75) is 127 Å². The van der Waals surface area contributed by atoms with Crippen LogP contribution in [-0.2, 0) is 24.9 Å². The molecule has 7 heteroatoms. The molecule has 0 spiro atoms. The van der Waals surface area contributed by atoms with Crippen molar-refractivity contribution in [3.05, 3.63) is 131 Å². The summed E-state index contributed by atoms with van der Waals surface area (Å²) < 4.78 is 8.09. The number of aliphatic hydroxyl groups is 1. The molecule has 2 aromatic heterocycles. The minimum atomic E-state index is -1.37. The minimum absolute atomic E-state index is 0. The van der Waals surface area contributed by atoms with Crippen molar-refractivity contribution < 1.29 is 31.4 Å². The summed E-state index contributed by atoms with van der Waals surface area (Å²) in [7, 11) is -2.67. The van der Waals surface area contributed by atoms with E-state index in [0.717, 1.165) is 70.1 Å². The average Bonchev–Trinajstić information content (AvgIpc) is 3.19. The number of hydrogen-bond acceptors (Lipinski definition) is 4. The maximum Gasteiger partial charge on any atom is 0.162 e. The number of hydrogen-bond donors (Lipinski definition) is 1. The maximum absolute atomic E-state index is 11.9. The summed E-state index contributed by atoms with van der Waals surface area (Å²) in [6, 6.07) is 32.8. The summed E-state index contributed by atoms with van der Waals surface area (Å²) in [5.74, 6) is 0.366. The molecule has 2 heterocycles. The zero-order valence-electron chi connectivity index (χ0n) is 40.6. The number of rotatable bonds is 11. The Balaban J connectivity index is 0.000000251. The number of pyridine rings is 2. The van der Waals surface area contributed by atoms with Crippen LogP contribution in [0.3, 0.4) is 0 Å². The van der Waals surface area contributed by atoms with Gasteiger partial charge in [0.25, 0.3) is 0 Å². The first-order valence-corrected chi connectivity index (χ1v) is 28.8. The zero-order chi connectivity index (χ0) is 45.4. The number of carbonyl (C=O) groups excluding carboxylic acids is 1. The van der Waals surface area contributed by atoms with Gasteiger partial charge in [-0.2, -0.15) is 0 Å². The van der Waals surface area contributed by atoms with Gasteiger partial charge in [0.2, 0.25) is 0 Å². The second-order valence-electron chi connectivity index (χ2n) is 18.9. The van der Waals surface area contributed by atoms with E-state index >= 15 is 0 Å². The number of aliphatic hydroxyl groups excluding tert-OH is 1. The second-order valence-corrected chi connectivity index (χ2v) is 29.0. The summed E-state index contributed by atoms with van der Waals surface area (Å²) >= 11 is 0. The van der Waals surface area contributed by atoms with Gasteiger partial charge in [0.15, 0.2) is 5.78 Å². The molecular weight excluding hydrogens is 957 g/mol. The largest absolute Gasteiger partial charge is 0.512 e. The molecule has 6 aromatic rings. The molecule has 0 amide bonds. The van der Waals surface area contributed by atoms with E-state index in [1.165, 1.54) is 38.3 Å². The summed E-state index contributed by atoms with van der Waals surface area (Å²) in [6.07, 6.45) is 7.06. The Hall–Kier alpha value is -4.01. The summed E-state index contributed by atoms with van der Waals surface area (Å²) in [5.41, 5.74) is 8.42. The van der Waals surface area contributed by atoms with Crippen molar-refractivity contribution in [3.8, 4) is 22.5 Å². The Morgan fingerprint density at radius 1 is 0.705 bits per heavy atom. The van der Waals surface area contributed by atoms with Crippen molar-refractivity contribution in [2.24, 2.45) is 11.3 Å². The molecule has 0 unspecified atom stereocenters. The van der Waals surface area contributed by atoms with Crippen LogP contribution in [-0.4, -0.2) is 37.0 Å². The van der Waals surface area contributed by atoms with Crippen molar-refractivity contribution in [1.82, 2.24) is 9.97 Å². The van der Waals surface area contributed by atoms with E-state index < -0.39 is 16.1 Å². The van der Waals surface area contributed by atoms with E-state index in [1.807, 2.05) is 53.8 Å². The number of aromatic nitrogens is 2. The van der Waals surface area contributed by atoms with Gasteiger partial charge >= 0.3 is 0 Å². The van der Waals surface area contributed by atoms with E-state index in [0.29, 0.717) is 6.17 Å². The smallest absolute Gasteiger partial charge is 0.162 e. The molecule has 327 valence electrons. The van der Waals surface area contributed by atoms with Crippen LogP contribution in [0.25, 0.3) is 44.1 Å². The third-order valence-corrected chi connectivity index (χ3v) is 15.9. The molecule has 4 nitrogen and oxygen atoms in total. The molecule has 1 radical (unpaired) electrons. The van der Waals surface area contributed by atoms with Crippen LogP contribution in [0.15, 0.2) is 97.0 Å². The predicted molar refractivity (Wildman–Crippen MR) is 265 cm³/mol. The van der Waals surface area contributed by atoms with Gasteiger partial charge in [0.05, 0.1) is 17.5 Å². The van der Waals surface area contributed by atoms with E-state index in [2.05, 4.69) is 149 Å². The van der Waals surface area contributed by atoms with E-state index in [-0.39, 0.29) is 43.0 Å². The molecular formula is C54H70IrN2O2Si2-2. The molecule has 61 heavy (non-hydrogen) atoms. The first-order valence-electron chi connectivity index (χ1n) is 22.3. The Morgan fingerprint density at radius 2 is 1.15 bits per heavy atom. The number of allylic oxidation sites excluding steroid dienone is 2. The van der Waals surface area contributed by atoms with Crippen LogP contribution in [0.1, 0.15) is 83.9 Å². The maximum atomic E-state index is 11.9. The molecule has 4 aromatic carbocycles. The fourth-order valence-electron chi connectivity index (χ4n) is 7.43. The van der Waals surface area contributed by atoms with Gasteiger partial charge in [-0.3, -0.25) is 4.79 Å². The number of fused-ring (bicyclic) bond motifs is 2.